The second-order valence-electron chi connectivity index (χ2n) is 6.71. The van der Waals surface area contributed by atoms with Gasteiger partial charge in [0, 0.05) is 6.54 Å². The van der Waals surface area contributed by atoms with Crippen LogP contribution in [0.1, 0.15) is 35.7 Å². The van der Waals surface area contributed by atoms with Crippen molar-refractivity contribution in [1.82, 2.24) is 14.0 Å². The van der Waals surface area contributed by atoms with E-state index < -0.39 is 11.2 Å². The van der Waals surface area contributed by atoms with Gasteiger partial charge in [-0.25, -0.2) is 9.18 Å². The van der Waals surface area contributed by atoms with Crippen molar-refractivity contribution >= 4 is 11.6 Å². The Hall–Kier alpha value is -2.74. The topological polar surface area (TPSA) is 90.3 Å². The number of nitrogens with zero attached hydrogens (tertiary/aromatic N) is 3. The third-order valence-corrected chi connectivity index (χ3v) is 4.88. The van der Waals surface area contributed by atoms with Crippen molar-refractivity contribution in [2.75, 3.05) is 25.4 Å². The lowest BCUT2D eigenvalue weighted by Gasteiger charge is -2.18. The normalized spacial score (nSPS) is 14.6. The number of carbonyl (C=O) groups is 1. The van der Waals surface area contributed by atoms with Gasteiger partial charge >= 0.3 is 5.69 Å². The highest BCUT2D eigenvalue weighted by atomic mass is 19.1. The molecule has 1 aromatic carbocycles. The Balaban J connectivity index is 2.04. The number of likely N-dealkylation sites (tertiary alicyclic amines) is 1. The minimum Gasteiger partial charge on any atom is -0.384 e. The molecule has 1 aliphatic rings. The van der Waals surface area contributed by atoms with Gasteiger partial charge in [-0.15, -0.1) is 0 Å². The Bertz CT molecular complexity index is 957. The molecule has 7 nitrogen and oxygen atoms in total. The molecule has 0 radical (unpaired) electrons. The number of nitrogens with two attached hydrogens (primary N) is 1. The Morgan fingerprint density at radius 2 is 1.74 bits per heavy atom. The molecule has 0 atom stereocenters. The highest BCUT2D eigenvalue weighted by molar-refractivity contribution is 6.01. The molecule has 1 fully saturated rings. The quantitative estimate of drug-likeness (QED) is 0.764. The summed E-state index contributed by atoms with van der Waals surface area (Å²) in [6.07, 6.45) is 2.04. The number of benzene rings is 1. The second kappa shape index (κ2) is 7.87. The average molecular weight is 374 g/mol. The number of anilines is 1. The standard InChI is InChI=1S/C19H23FN4O3/c1-2-23-18(26)16(15(25)12-22-9-3-4-10-22)17(21)24(19(23)27)11-13-5-7-14(20)8-6-13/h5-8H,2-4,9-12,21H2,1H3. The number of hydrogen-bond acceptors (Lipinski definition) is 5. The van der Waals surface area contributed by atoms with Crippen LogP contribution in [-0.4, -0.2) is 39.5 Å². The zero-order valence-electron chi connectivity index (χ0n) is 15.3. The van der Waals surface area contributed by atoms with E-state index in [1.165, 1.54) is 28.8 Å². The maximum absolute atomic E-state index is 13.1. The van der Waals surface area contributed by atoms with Crippen LogP contribution in [0.2, 0.25) is 0 Å². The van der Waals surface area contributed by atoms with Crippen molar-refractivity contribution in [1.29, 1.82) is 0 Å². The fraction of sp³-hybridized carbons (Fsp3) is 0.421. The fourth-order valence-electron chi connectivity index (χ4n) is 3.40. The molecule has 0 bridgehead atoms. The van der Waals surface area contributed by atoms with Gasteiger partial charge < -0.3 is 5.73 Å². The van der Waals surface area contributed by atoms with Crippen molar-refractivity contribution in [3.8, 4) is 0 Å². The fourth-order valence-corrected chi connectivity index (χ4v) is 3.40. The number of nitrogen functional groups attached to an aromatic ring is 1. The molecule has 0 amide bonds. The molecule has 1 saturated heterocycles. The maximum atomic E-state index is 13.1. The smallest absolute Gasteiger partial charge is 0.332 e. The van der Waals surface area contributed by atoms with E-state index in [-0.39, 0.29) is 42.6 Å². The zero-order chi connectivity index (χ0) is 19.6. The van der Waals surface area contributed by atoms with E-state index in [9.17, 15) is 18.8 Å². The average Bonchev–Trinajstić information content (AvgIpc) is 3.13. The summed E-state index contributed by atoms with van der Waals surface area (Å²) in [6.45, 7) is 3.57. The summed E-state index contributed by atoms with van der Waals surface area (Å²) in [5.74, 6) is -0.906. The number of halogens is 1. The first-order chi connectivity index (χ1) is 12.9. The van der Waals surface area contributed by atoms with Crippen LogP contribution in [0.25, 0.3) is 0 Å². The van der Waals surface area contributed by atoms with Crippen molar-refractivity contribution < 1.29 is 9.18 Å². The van der Waals surface area contributed by atoms with Gasteiger partial charge in [-0.2, -0.15) is 0 Å². The SMILES string of the molecule is CCn1c(=O)c(C(=O)CN2CCCC2)c(N)n(Cc2ccc(F)cc2)c1=O. The van der Waals surface area contributed by atoms with E-state index in [0.29, 0.717) is 5.56 Å². The van der Waals surface area contributed by atoms with Crippen molar-refractivity contribution in [3.05, 3.63) is 62.0 Å². The van der Waals surface area contributed by atoms with Crippen LogP contribution in [0.5, 0.6) is 0 Å². The van der Waals surface area contributed by atoms with Crippen molar-refractivity contribution in [2.45, 2.75) is 32.9 Å². The number of hydrogen-bond donors (Lipinski definition) is 1. The van der Waals surface area contributed by atoms with Crippen LogP contribution in [0.15, 0.2) is 33.9 Å². The van der Waals surface area contributed by atoms with Gasteiger partial charge in [-0.05, 0) is 50.6 Å². The summed E-state index contributed by atoms with van der Waals surface area (Å²) in [4.78, 5) is 40.1. The van der Waals surface area contributed by atoms with Crippen LogP contribution in [-0.2, 0) is 13.1 Å². The van der Waals surface area contributed by atoms with Crippen molar-refractivity contribution in [3.63, 3.8) is 0 Å². The highest BCUT2D eigenvalue weighted by Crippen LogP contribution is 2.13. The van der Waals surface area contributed by atoms with E-state index in [0.717, 1.165) is 30.5 Å². The molecule has 8 heteroatoms. The lowest BCUT2D eigenvalue weighted by atomic mass is 10.1. The molecule has 1 aliphatic heterocycles. The molecule has 27 heavy (non-hydrogen) atoms. The summed E-state index contributed by atoms with van der Waals surface area (Å²) in [5.41, 5.74) is 5.36. The summed E-state index contributed by atoms with van der Waals surface area (Å²) in [6, 6.07) is 5.64. The van der Waals surface area contributed by atoms with Crippen LogP contribution < -0.4 is 17.0 Å². The Morgan fingerprint density at radius 3 is 2.33 bits per heavy atom. The van der Waals surface area contributed by atoms with Gasteiger partial charge in [0.2, 0.25) is 0 Å². The van der Waals surface area contributed by atoms with Gasteiger partial charge in [0.15, 0.2) is 5.78 Å². The third-order valence-electron chi connectivity index (χ3n) is 4.88. The molecule has 3 rings (SSSR count). The molecule has 0 aliphatic carbocycles. The Morgan fingerprint density at radius 1 is 1.11 bits per heavy atom. The van der Waals surface area contributed by atoms with Crippen molar-refractivity contribution in [2.24, 2.45) is 0 Å². The third kappa shape index (κ3) is 3.85. The van der Waals surface area contributed by atoms with Crippen LogP contribution in [0.4, 0.5) is 10.2 Å². The first-order valence-corrected chi connectivity index (χ1v) is 9.05. The van der Waals surface area contributed by atoms with E-state index in [4.69, 9.17) is 5.73 Å². The van der Waals surface area contributed by atoms with E-state index in [1.807, 2.05) is 4.90 Å². The Labute approximate surface area is 155 Å². The monoisotopic (exact) mass is 374 g/mol. The van der Waals surface area contributed by atoms with Gasteiger partial charge in [-0.1, -0.05) is 12.1 Å². The molecular weight excluding hydrogens is 351 g/mol. The summed E-state index contributed by atoms with van der Waals surface area (Å²) >= 11 is 0. The van der Waals surface area contributed by atoms with Gasteiger partial charge in [0.05, 0.1) is 13.1 Å². The molecule has 0 saturated carbocycles. The Kier molecular flexibility index (Phi) is 5.55. The molecule has 144 valence electrons. The van der Waals surface area contributed by atoms with E-state index >= 15 is 0 Å². The van der Waals surface area contributed by atoms with Crippen LogP contribution >= 0.6 is 0 Å². The predicted molar refractivity (Wildman–Crippen MR) is 101 cm³/mol. The first-order valence-electron chi connectivity index (χ1n) is 9.05. The maximum Gasteiger partial charge on any atom is 0.332 e. The lowest BCUT2D eigenvalue weighted by Crippen LogP contribution is -2.45. The van der Waals surface area contributed by atoms with E-state index in [1.54, 1.807) is 6.92 Å². The van der Waals surface area contributed by atoms with E-state index in [2.05, 4.69) is 0 Å². The summed E-state index contributed by atoms with van der Waals surface area (Å²) in [5, 5.41) is 0. The molecule has 2 N–H and O–H groups in total. The zero-order valence-corrected chi connectivity index (χ0v) is 15.3. The highest BCUT2D eigenvalue weighted by Gasteiger charge is 2.25. The predicted octanol–water partition coefficient (Wildman–Crippen LogP) is 1.08. The van der Waals surface area contributed by atoms with Crippen LogP contribution in [0.3, 0.4) is 0 Å². The molecule has 1 aromatic heterocycles. The minimum atomic E-state index is -0.653. The molecule has 2 aromatic rings. The molecular formula is C19H23FN4O3. The summed E-state index contributed by atoms with van der Waals surface area (Å²) in [7, 11) is 0. The summed E-state index contributed by atoms with van der Waals surface area (Å²) < 4.78 is 15.3. The van der Waals surface area contributed by atoms with Gasteiger partial charge in [0.25, 0.3) is 5.56 Å². The lowest BCUT2D eigenvalue weighted by molar-refractivity contribution is 0.0943. The van der Waals surface area contributed by atoms with Gasteiger partial charge in [-0.3, -0.25) is 23.6 Å². The first kappa shape index (κ1) is 19.0. The van der Waals surface area contributed by atoms with Gasteiger partial charge in [0.1, 0.15) is 17.2 Å². The molecule has 0 spiro atoms. The number of Topliss-reactive ketones (excluding diaryl/α,β-unsaturated/α-hetero) is 1. The molecule has 2 heterocycles. The number of aromatic nitrogens is 2. The second-order valence-corrected chi connectivity index (χ2v) is 6.71. The largest absolute Gasteiger partial charge is 0.384 e. The number of ketones is 1. The number of rotatable bonds is 6. The molecule has 0 unspecified atom stereocenters. The van der Waals surface area contributed by atoms with Crippen LogP contribution in [0, 0.1) is 5.82 Å². The number of carbonyl (C=O) groups excluding carboxylic acids is 1. The minimum absolute atomic E-state index is 0.0508.